The number of ketones is 1. The molecule has 1 atom stereocenters. The van der Waals surface area contributed by atoms with Crippen molar-refractivity contribution in [2.75, 3.05) is 7.11 Å². The summed E-state index contributed by atoms with van der Waals surface area (Å²) >= 11 is 0. The second-order valence-electron chi connectivity index (χ2n) is 2.96. The normalized spacial score (nSPS) is 12.2. The summed E-state index contributed by atoms with van der Waals surface area (Å²) in [6.07, 6.45) is 1.65. The van der Waals surface area contributed by atoms with Crippen molar-refractivity contribution >= 4 is 5.78 Å². The Morgan fingerprint density at radius 1 is 1.62 bits per heavy atom. The van der Waals surface area contributed by atoms with E-state index in [-0.39, 0.29) is 11.7 Å². The van der Waals surface area contributed by atoms with Gasteiger partial charge in [0.05, 0.1) is 7.11 Å². The summed E-state index contributed by atoms with van der Waals surface area (Å²) in [4.78, 5) is 15.0. The monoisotopic (exact) mass is 179 g/mol. The molecule has 0 aliphatic carbocycles. The summed E-state index contributed by atoms with van der Waals surface area (Å²) in [5, 5.41) is 0. The molecule has 0 aliphatic heterocycles. The van der Waals surface area contributed by atoms with Crippen molar-refractivity contribution in [3.63, 3.8) is 0 Å². The number of carbonyl (C=O) groups excluding carboxylic acids is 1. The van der Waals surface area contributed by atoms with E-state index in [0.29, 0.717) is 5.88 Å². The van der Waals surface area contributed by atoms with Crippen LogP contribution in [0, 0.1) is 0 Å². The smallest absolute Gasteiger partial charge is 0.213 e. The molecule has 13 heavy (non-hydrogen) atoms. The number of carbonyl (C=O) groups is 1. The maximum absolute atomic E-state index is 11.1. The molecule has 3 heteroatoms. The minimum Gasteiger partial charge on any atom is -0.481 e. The number of ether oxygens (including phenoxy) is 1. The molecule has 3 nitrogen and oxygen atoms in total. The van der Waals surface area contributed by atoms with Gasteiger partial charge in [-0.1, -0.05) is 6.92 Å². The lowest BCUT2D eigenvalue weighted by Gasteiger charge is -2.08. The lowest BCUT2D eigenvalue weighted by atomic mass is 9.99. The van der Waals surface area contributed by atoms with E-state index >= 15 is 0 Å². The van der Waals surface area contributed by atoms with Crippen LogP contribution in [0.25, 0.3) is 0 Å². The first kappa shape index (κ1) is 9.71. The fourth-order valence-corrected chi connectivity index (χ4v) is 1.04. The fourth-order valence-electron chi connectivity index (χ4n) is 1.04. The van der Waals surface area contributed by atoms with E-state index in [1.807, 2.05) is 13.0 Å². The van der Waals surface area contributed by atoms with Crippen LogP contribution in [-0.2, 0) is 4.79 Å². The molecule has 0 amide bonds. The van der Waals surface area contributed by atoms with Crippen LogP contribution in [0.4, 0.5) is 0 Å². The molecule has 1 heterocycles. The van der Waals surface area contributed by atoms with Gasteiger partial charge in [-0.25, -0.2) is 4.98 Å². The SMILES string of the molecule is COc1cc(C(C)C(C)=O)ccn1. The Hall–Kier alpha value is -1.38. The van der Waals surface area contributed by atoms with Crippen molar-refractivity contribution in [1.29, 1.82) is 0 Å². The van der Waals surface area contributed by atoms with Crippen molar-refractivity contribution in [3.8, 4) is 5.88 Å². The van der Waals surface area contributed by atoms with E-state index in [4.69, 9.17) is 4.74 Å². The molecule has 1 aromatic heterocycles. The molecule has 0 bridgehead atoms. The van der Waals surface area contributed by atoms with Gasteiger partial charge < -0.3 is 4.74 Å². The number of nitrogens with zero attached hydrogens (tertiary/aromatic N) is 1. The van der Waals surface area contributed by atoms with Crippen molar-refractivity contribution in [2.45, 2.75) is 19.8 Å². The number of Topliss-reactive ketones (excluding diaryl/α,β-unsaturated/α-hetero) is 1. The van der Waals surface area contributed by atoms with Gasteiger partial charge in [-0.3, -0.25) is 4.79 Å². The van der Waals surface area contributed by atoms with Gasteiger partial charge in [0.15, 0.2) is 0 Å². The second kappa shape index (κ2) is 4.03. The Kier molecular flexibility index (Phi) is 3.01. The molecule has 0 saturated heterocycles. The molecule has 70 valence electrons. The minimum atomic E-state index is -0.0862. The highest BCUT2D eigenvalue weighted by molar-refractivity contribution is 5.82. The van der Waals surface area contributed by atoms with Crippen molar-refractivity contribution < 1.29 is 9.53 Å². The summed E-state index contributed by atoms with van der Waals surface area (Å²) in [5.41, 5.74) is 0.944. The minimum absolute atomic E-state index is 0.0862. The highest BCUT2D eigenvalue weighted by Gasteiger charge is 2.10. The van der Waals surface area contributed by atoms with E-state index in [1.54, 1.807) is 26.3 Å². The molecule has 1 aromatic rings. The van der Waals surface area contributed by atoms with Crippen LogP contribution >= 0.6 is 0 Å². The first-order valence-electron chi connectivity index (χ1n) is 4.15. The molecular weight excluding hydrogens is 166 g/mol. The zero-order valence-corrected chi connectivity index (χ0v) is 8.07. The predicted octanol–water partition coefficient (Wildman–Crippen LogP) is 1.78. The summed E-state index contributed by atoms with van der Waals surface area (Å²) < 4.78 is 4.96. The zero-order chi connectivity index (χ0) is 9.84. The molecule has 0 aromatic carbocycles. The summed E-state index contributed by atoms with van der Waals surface area (Å²) in [5.74, 6) is 0.607. The van der Waals surface area contributed by atoms with Crippen LogP contribution in [0.5, 0.6) is 5.88 Å². The Labute approximate surface area is 77.8 Å². The van der Waals surface area contributed by atoms with Crippen molar-refractivity contribution in [2.24, 2.45) is 0 Å². The van der Waals surface area contributed by atoms with E-state index in [9.17, 15) is 4.79 Å². The number of hydrogen-bond acceptors (Lipinski definition) is 3. The van der Waals surface area contributed by atoms with Crippen LogP contribution in [0.15, 0.2) is 18.3 Å². The van der Waals surface area contributed by atoms with Crippen LogP contribution in [0.3, 0.4) is 0 Å². The largest absolute Gasteiger partial charge is 0.481 e. The van der Waals surface area contributed by atoms with Crippen LogP contribution in [0.1, 0.15) is 25.3 Å². The average Bonchev–Trinajstić information content (AvgIpc) is 2.16. The van der Waals surface area contributed by atoms with Crippen molar-refractivity contribution in [1.82, 2.24) is 4.98 Å². The van der Waals surface area contributed by atoms with Crippen molar-refractivity contribution in [3.05, 3.63) is 23.9 Å². The highest BCUT2D eigenvalue weighted by Crippen LogP contribution is 2.18. The number of hydrogen-bond donors (Lipinski definition) is 0. The average molecular weight is 179 g/mol. The third-order valence-corrected chi connectivity index (χ3v) is 2.08. The van der Waals surface area contributed by atoms with Crippen LogP contribution in [0.2, 0.25) is 0 Å². The third kappa shape index (κ3) is 2.28. The van der Waals surface area contributed by atoms with Gasteiger partial charge in [0.1, 0.15) is 5.78 Å². The van der Waals surface area contributed by atoms with E-state index < -0.39 is 0 Å². The van der Waals surface area contributed by atoms with E-state index in [0.717, 1.165) is 5.56 Å². The number of rotatable bonds is 3. The first-order valence-corrected chi connectivity index (χ1v) is 4.15. The maximum atomic E-state index is 11.1. The van der Waals surface area contributed by atoms with Gasteiger partial charge in [-0.05, 0) is 18.6 Å². The number of aromatic nitrogens is 1. The Balaban J connectivity index is 2.94. The Bertz CT molecular complexity index is 310. The van der Waals surface area contributed by atoms with E-state index in [1.165, 1.54) is 0 Å². The van der Waals surface area contributed by atoms with Gasteiger partial charge >= 0.3 is 0 Å². The summed E-state index contributed by atoms with van der Waals surface area (Å²) in [6.45, 7) is 3.45. The molecule has 1 unspecified atom stereocenters. The molecule has 1 rings (SSSR count). The lowest BCUT2D eigenvalue weighted by Crippen LogP contribution is -2.04. The standard InChI is InChI=1S/C10H13NO2/c1-7(8(2)12)9-4-5-11-10(6-9)13-3/h4-7H,1-3H3. The Morgan fingerprint density at radius 2 is 2.31 bits per heavy atom. The molecule has 0 aliphatic rings. The number of methoxy groups -OCH3 is 1. The maximum Gasteiger partial charge on any atom is 0.213 e. The van der Waals surface area contributed by atoms with Gasteiger partial charge in [-0.15, -0.1) is 0 Å². The fraction of sp³-hybridized carbons (Fsp3) is 0.400. The second-order valence-corrected chi connectivity index (χ2v) is 2.96. The van der Waals surface area contributed by atoms with Gasteiger partial charge in [0.25, 0.3) is 0 Å². The van der Waals surface area contributed by atoms with Gasteiger partial charge in [0.2, 0.25) is 5.88 Å². The molecule has 0 saturated carbocycles. The topological polar surface area (TPSA) is 39.2 Å². The quantitative estimate of drug-likeness (QED) is 0.710. The zero-order valence-electron chi connectivity index (χ0n) is 8.07. The van der Waals surface area contributed by atoms with Crippen LogP contribution in [-0.4, -0.2) is 17.9 Å². The van der Waals surface area contributed by atoms with Gasteiger partial charge in [-0.2, -0.15) is 0 Å². The molecule has 0 N–H and O–H groups in total. The number of pyridine rings is 1. The highest BCUT2D eigenvalue weighted by atomic mass is 16.5. The molecule has 0 fully saturated rings. The van der Waals surface area contributed by atoms with E-state index in [2.05, 4.69) is 4.98 Å². The summed E-state index contributed by atoms with van der Waals surface area (Å²) in [6, 6.07) is 3.61. The summed E-state index contributed by atoms with van der Waals surface area (Å²) in [7, 11) is 1.56. The third-order valence-electron chi connectivity index (χ3n) is 2.08. The first-order chi connectivity index (χ1) is 6.15. The molecular formula is C10H13NO2. The lowest BCUT2D eigenvalue weighted by molar-refractivity contribution is -0.118. The predicted molar refractivity (Wildman–Crippen MR) is 49.9 cm³/mol. The molecule has 0 radical (unpaired) electrons. The Morgan fingerprint density at radius 3 is 2.85 bits per heavy atom. The van der Waals surface area contributed by atoms with Gasteiger partial charge in [0, 0.05) is 18.2 Å². The van der Waals surface area contributed by atoms with Crippen LogP contribution < -0.4 is 4.74 Å². The molecule has 0 spiro atoms.